The Balaban J connectivity index is 2.04. The third-order valence-electron chi connectivity index (χ3n) is 2.79. The number of anilines is 1. The molecule has 0 bridgehead atoms. The summed E-state index contributed by atoms with van der Waals surface area (Å²) in [6.45, 7) is 1.44. The number of hydrogen-bond donors (Lipinski definition) is 2. The maximum absolute atomic E-state index is 11.3. The molecular formula is C13H11N5O2S. The number of nitrogens with zero attached hydrogens (tertiary/aromatic N) is 3. The van der Waals surface area contributed by atoms with Gasteiger partial charge in [-0.2, -0.15) is 5.10 Å². The first-order chi connectivity index (χ1) is 10.0. The molecule has 8 heteroatoms. The highest BCUT2D eigenvalue weighted by Gasteiger charge is 2.14. The molecule has 7 nitrogen and oxygen atoms in total. The van der Waals surface area contributed by atoms with Gasteiger partial charge in [-0.1, -0.05) is 0 Å². The Morgan fingerprint density at radius 1 is 1.43 bits per heavy atom. The fourth-order valence-electron chi connectivity index (χ4n) is 1.92. The van der Waals surface area contributed by atoms with Gasteiger partial charge in [0.15, 0.2) is 0 Å². The molecule has 0 aliphatic heterocycles. The lowest BCUT2D eigenvalue weighted by Crippen LogP contribution is -2.09. The number of amides is 2. The van der Waals surface area contributed by atoms with E-state index in [9.17, 15) is 9.59 Å². The molecule has 3 heterocycles. The van der Waals surface area contributed by atoms with Gasteiger partial charge in [-0.15, -0.1) is 11.3 Å². The molecule has 0 saturated carbocycles. The van der Waals surface area contributed by atoms with Crippen molar-refractivity contribution in [3.63, 3.8) is 0 Å². The molecule has 21 heavy (non-hydrogen) atoms. The second-order valence-corrected chi connectivity index (χ2v) is 5.41. The smallest absolute Gasteiger partial charge is 0.253 e. The van der Waals surface area contributed by atoms with Crippen LogP contribution in [0.1, 0.15) is 17.3 Å². The van der Waals surface area contributed by atoms with Crippen LogP contribution in [0.5, 0.6) is 0 Å². The van der Waals surface area contributed by atoms with Gasteiger partial charge in [0, 0.05) is 25.0 Å². The molecule has 0 fully saturated rings. The molecular weight excluding hydrogens is 290 g/mol. The molecule has 3 aromatic rings. The highest BCUT2D eigenvalue weighted by atomic mass is 32.1. The van der Waals surface area contributed by atoms with Crippen molar-refractivity contribution in [3.05, 3.63) is 36.3 Å². The Kier molecular flexibility index (Phi) is 3.15. The number of pyridine rings is 1. The topological polar surface area (TPSA) is 102 Å². The van der Waals surface area contributed by atoms with Crippen LogP contribution in [-0.2, 0) is 4.79 Å². The number of aromatic nitrogens is 3. The standard InChI is InChI=1S/C13H11N5O2S/c1-7(19)17-8-2-3-15-10(4-8)11-6-18-13(21-11)9(5-16-18)12(14)20/h2-6H,1H3,(H2,14,20)(H,15,17,19). The third-order valence-corrected chi connectivity index (χ3v) is 3.93. The summed E-state index contributed by atoms with van der Waals surface area (Å²) in [5.41, 5.74) is 7.03. The van der Waals surface area contributed by atoms with Gasteiger partial charge in [0.05, 0.1) is 22.3 Å². The predicted molar refractivity (Wildman–Crippen MR) is 79.1 cm³/mol. The van der Waals surface area contributed by atoms with Crippen LogP contribution < -0.4 is 11.1 Å². The van der Waals surface area contributed by atoms with E-state index in [2.05, 4.69) is 15.4 Å². The SMILES string of the molecule is CC(=O)Nc1ccnc(-c2cn3ncc(C(N)=O)c3s2)c1. The van der Waals surface area contributed by atoms with E-state index in [4.69, 9.17) is 5.73 Å². The van der Waals surface area contributed by atoms with Crippen molar-refractivity contribution in [2.24, 2.45) is 5.73 Å². The third kappa shape index (κ3) is 2.48. The molecule has 0 saturated heterocycles. The first-order valence-corrected chi connectivity index (χ1v) is 6.87. The first-order valence-electron chi connectivity index (χ1n) is 6.05. The molecule has 3 N–H and O–H groups in total. The Hall–Kier alpha value is -2.74. The summed E-state index contributed by atoms with van der Waals surface area (Å²) in [5.74, 6) is -0.664. The Labute approximate surface area is 123 Å². The van der Waals surface area contributed by atoms with Crippen LogP contribution in [0.25, 0.3) is 15.4 Å². The van der Waals surface area contributed by atoms with Crippen molar-refractivity contribution in [2.45, 2.75) is 6.92 Å². The first kappa shape index (κ1) is 13.3. The number of carbonyl (C=O) groups excluding carboxylic acids is 2. The van der Waals surface area contributed by atoms with E-state index in [1.165, 1.54) is 24.5 Å². The van der Waals surface area contributed by atoms with Crippen LogP contribution in [0.15, 0.2) is 30.7 Å². The van der Waals surface area contributed by atoms with E-state index < -0.39 is 5.91 Å². The average molecular weight is 301 g/mol. The predicted octanol–water partition coefficient (Wildman–Crippen LogP) is 1.52. The second kappa shape index (κ2) is 4.98. The number of nitrogens with two attached hydrogens (primary N) is 1. The molecule has 0 aromatic carbocycles. The molecule has 0 aliphatic rings. The van der Waals surface area contributed by atoms with Crippen molar-refractivity contribution in [3.8, 4) is 10.6 Å². The highest BCUT2D eigenvalue weighted by molar-refractivity contribution is 7.21. The largest absolute Gasteiger partial charge is 0.365 e. The summed E-state index contributed by atoms with van der Waals surface area (Å²) in [5, 5.41) is 6.79. The van der Waals surface area contributed by atoms with Crippen LogP contribution in [0.3, 0.4) is 0 Å². The number of rotatable bonds is 3. The lowest BCUT2D eigenvalue weighted by molar-refractivity contribution is -0.114. The fourth-order valence-corrected chi connectivity index (χ4v) is 2.95. The Bertz CT molecular complexity index is 851. The average Bonchev–Trinajstić information content (AvgIpc) is 2.97. The molecule has 0 aliphatic carbocycles. The number of primary amides is 1. The molecule has 106 valence electrons. The number of fused-ring (bicyclic) bond motifs is 1. The fraction of sp³-hybridized carbons (Fsp3) is 0.0769. The van der Waals surface area contributed by atoms with Crippen molar-refractivity contribution < 1.29 is 9.59 Å². The van der Waals surface area contributed by atoms with E-state index in [1.807, 2.05) is 0 Å². The van der Waals surface area contributed by atoms with E-state index in [-0.39, 0.29) is 5.91 Å². The van der Waals surface area contributed by atoms with E-state index in [0.29, 0.717) is 21.8 Å². The second-order valence-electron chi connectivity index (χ2n) is 4.38. The zero-order valence-corrected chi connectivity index (χ0v) is 11.8. The van der Waals surface area contributed by atoms with Crippen LogP contribution in [-0.4, -0.2) is 26.4 Å². The monoisotopic (exact) mass is 301 g/mol. The highest BCUT2D eigenvalue weighted by Crippen LogP contribution is 2.30. The van der Waals surface area contributed by atoms with Crippen molar-refractivity contribution in [1.82, 2.24) is 14.6 Å². The minimum atomic E-state index is -0.515. The number of nitrogens with one attached hydrogen (secondary N) is 1. The van der Waals surface area contributed by atoms with Crippen molar-refractivity contribution in [2.75, 3.05) is 5.32 Å². The van der Waals surface area contributed by atoms with Crippen LogP contribution >= 0.6 is 11.3 Å². The van der Waals surface area contributed by atoms with Crippen molar-refractivity contribution in [1.29, 1.82) is 0 Å². The lowest BCUT2D eigenvalue weighted by atomic mass is 10.3. The van der Waals surface area contributed by atoms with Gasteiger partial charge in [0.1, 0.15) is 4.83 Å². The Morgan fingerprint density at radius 3 is 2.95 bits per heavy atom. The van der Waals surface area contributed by atoms with E-state index in [1.54, 1.807) is 29.0 Å². The van der Waals surface area contributed by atoms with Gasteiger partial charge < -0.3 is 11.1 Å². The van der Waals surface area contributed by atoms with Gasteiger partial charge in [0.2, 0.25) is 5.91 Å². The van der Waals surface area contributed by atoms with Gasteiger partial charge in [0.25, 0.3) is 5.91 Å². The minimum absolute atomic E-state index is 0.149. The zero-order valence-electron chi connectivity index (χ0n) is 11.0. The molecule has 0 radical (unpaired) electrons. The van der Waals surface area contributed by atoms with Crippen LogP contribution in [0, 0.1) is 0 Å². The van der Waals surface area contributed by atoms with Gasteiger partial charge in [-0.25, -0.2) is 4.52 Å². The van der Waals surface area contributed by atoms with Gasteiger partial charge in [-0.05, 0) is 12.1 Å². The van der Waals surface area contributed by atoms with E-state index >= 15 is 0 Å². The molecule has 0 spiro atoms. The van der Waals surface area contributed by atoms with Crippen molar-refractivity contribution >= 4 is 33.7 Å². The summed E-state index contributed by atoms with van der Waals surface area (Å²) in [6.07, 6.45) is 4.82. The molecule has 0 atom stereocenters. The number of thiazole rings is 1. The van der Waals surface area contributed by atoms with Crippen LogP contribution in [0.2, 0.25) is 0 Å². The number of hydrogen-bond acceptors (Lipinski definition) is 5. The molecule has 3 aromatic heterocycles. The molecule has 0 unspecified atom stereocenters. The Morgan fingerprint density at radius 2 is 2.24 bits per heavy atom. The zero-order chi connectivity index (χ0) is 15.0. The summed E-state index contributed by atoms with van der Waals surface area (Å²) in [7, 11) is 0. The summed E-state index contributed by atoms with van der Waals surface area (Å²) in [6, 6.07) is 3.47. The molecule has 3 rings (SSSR count). The minimum Gasteiger partial charge on any atom is -0.365 e. The maximum Gasteiger partial charge on any atom is 0.253 e. The maximum atomic E-state index is 11.3. The number of carbonyl (C=O) groups is 2. The van der Waals surface area contributed by atoms with E-state index in [0.717, 1.165) is 4.88 Å². The molecule has 2 amide bonds. The van der Waals surface area contributed by atoms with Crippen LogP contribution in [0.4, 0.5) is 5.69 Å². The lowest BCUT2D eigenvalue weighted by Gasteiger charge is -2.02. The normalized spacial score (nSPS) is 10.7. The van der Waals surface area contributed by atoms with Gasteiger partial charge >= 0.3 is 0 Å². The summed E-state index contributed by atoms with van der Waals surface area (Å²) in [4.78, 5) is 28.2. The van der Waals surface area contributed by atoms with Gasteiger partial charge in [-0.3, -0.25) is 14.6 Å². The summed E-state index contributed by atoms with van der Waals surface area (Å²) < 4.78 is 1.59. The summed E-state index contributed by atoms with van der Waals surface area (Å²) >= 11 is 1.36. The quantitative estimate of drug-likeness (QED) is 0.765.